The van der Waals surface area contributed by atoms with E-state index in [4.69, 9.17) is 29.0 Å². The topological polar surface area (TPSA) is 68.8 Å². The maximum Gasteiger partial charge on any atom is 0.0847 e. The van der Waals surface area contributed by atoms with Gasteiger partial charge in [-0.15, -0.1) is 0 Å². The molecule has 0 saturated carbocycles. The van der Waals surface area contributed by atoms with Crippen molar-refractivity contribution in [2.24, 2.45) is 12.9 Å². The number of nitrogens with one attached hydrogen (secondary N) is 1. The molecule has 3 N–H and O–H groups in total. The fourth-order valence-corrected chi connectivity index (χ4v) is 2.51. The Labute approximate surface area is 121 Å². The number of aryl methyl sites for hydroxylation is 2. The number of nitrogens with zero attached hydrogens (tertiary/aromatic N) is 3. The molecule has 0 aliphatic heterocycles. The summed E-state index contributed by atoms with van der Waals surface area (Å²) >= 11 is 12.4. The van der Waals surface area contributed by atoms with Gasteiger partial charge in [-0.2, -0.15) is 5.10 Å². The Balaban J connectivity index is 2.32. The minimum atomic E-state index is -0.150. The van der Waals surface area contributed by atoms with Crippen LogP contribution in [0, 0.1) is 6.92 Å². The number of hydrogen-bond donors (Lipinski definition) is 2. The average molecular weight is 300 g/mol. The zero-order valence-electron chi connectivity index (χ0n) is 10.7. The molecule has 0 spiro atoms. The van der Waals surface area contributed by atoms with Crippen molar-refractivity contribution in [2.45, 2.75) is 19.4 Å². The molecule has 0 radical (unpaired) electrons. The van der Waals surface area contributed by atoms with E-state index in [0.717, 1.165) is 17.0 Å². The highest BCUT2D eigenvalue weighted by Gasteiger charge is 2.19. The van der Waals surface area contributed by atoms with Crippen LogP contribution < -0.4 is 11.3 Å². The molecule has 2 rings (SSSR count). The van der Waals surface area contributed by atoms with Crippen LogP contribution in [0.2, 0.25) is 10.0 Å². The van der Waals surface area contributed by atoms with Crippen molar-refractivity contribution in [3.8, 4) is 0 Å². The molecule has 2 aromatic heterocycles. The SMILES string of the molecule is Cc1nn(C)c(CC(NN)c2ccncc2Cl)c1Cl. The first-order chi connectivity index (χ1) is 9.04. The van der Waals surface area contributed by atoms with Gasteiger partial charge in [0.15, 0.2) is 0 Å². The van der Waals surface area contributed by atoms with Crippen molar-refractivity contribution in [2.75, 3.05) is 0 Å². The molecule has 2 heterocycles. The van der Waals surface area contributed by atoms with Gasteiger partial charge in [0, 0.05) is 25.9 Å². The number of rotatable bonds is 4. The smallest absolute Gasteiger partial charge is 0.0847 e. The maximum absolute atomic E-state index is 6.25. The minimum Gasteiger partial charge on any atom is -0.271 e. The molecular formula is C12H15Cl2N5. The van der Waals surface area contributed by atoms with Crippen LogP contribution in [0.25, 0.3) is 0 Å². The molecule has 1 atom stereocenters. The van der Waals surface area contributed by atoms with Crippen LogP contribution in [0.5, 0.6) is 0 Å². The monoisotopic (exact) mass is 299 g/mol. The van der Waals surface area contributed by atoms with Gasteiger partial charge in [0.25, 0.3) is 0 Å². The van der Waals surface area contributed by atoms with Gasteiger partial charge in [-0.05, 0) is 18.6 Å². The quantitative estimate of drug-likeness (QED) is 0.671. The third-order valence-corrected chi connectivity index (χ3v) is 3.85. The molecule has 19 heavy (non-hydrogen) atoms. The molecule has 0 aliphatic rings. The molecule has 0 fully saturated rings. The summed E-state index contributed by atoms with van der Waals surface area (Å²) in [5, 5.41) is 5.51. The summed E-state index contributed by atoms with van der Waals surface area (Å²) in [6.45, 7) is 1.87. The normalized spacial score (nSPS) is 12.7. The molecule has 0 amide bonds. The van der Waals surface area contributed by atoms with E-state index in [0.29, 0.717) is 16.5 Å². The molecule has 0 saturated heterocycles. The molecule has 5 nitrogen and oxygen atoms in total. The van der Waals surface area contributed by atoms with E-state index in [-0.39, 0.29) is 6.04 Å². The van der Waals surface area contributed by atoms with E-state index in [1.54, 1.807) is 17.1 Å². The van der Waals surface area contributed by atoms with E-state index in [1.807, 2.05) is 20.0 Å². The van der Waals surface area contributed by atoms with Gasteiger partial charge in [-0.25, -0.2) is 0 Å². The zero-order chi connectivity index (χ0) is 14.0. The Hall–Kier alpha value is -1.14. The lowest BCUT2D eigenvalue weighted by Gasteiger charge is -2.17. The summed E-state index contributed by atoms with van der Waals surface area (Å²) in [5.74, 6) is 5.63. The molecular weight excluding hydrogens is 285 g/mol. The average Bonchev–Trinajstić information content (AvgIpc) is 2.63. The molecule has 102 valence electrons. The maximum atomic E-state index is 6.25. The summed E-state index contributed by atoms with van der Waals surface area (Å²) in [5.41, 5.74) is 5.36. The minimum absolute atomic E-state index is 0.150. The zero-order valence-corrected chi connectivity index (χ0v) is 12.2. The third-order valence-electron chi connectivity index (χ3n) is 3.04. The van der Waals surface area contributed by atoms with Gasteiger partial charge in [0.1, 0.15) is 0 Å². The van der Waals surface area contributed by atoms with Crippen LogP contribution in [0.4, 0.5) is 0 Å². The van der Waals surface area contributed by atoms with Gasteiger partial charge in [0.05, 0.1) is 27.5 Å². The van der Waals surface area contributed by atoms with E-state index in [9.17, 15) is 0 Å². The highest BCUT2D eigenvalue weighted by atomic mass is 35.5. The van der Waals surface area contributed by atoms with Crippen LogP contribution in [0.3, 0.4) is 0 Å². The molecule has 0 aromatic carbocycles. The van der Waals surface area contributed by atoms with Crippen molar-refractivity contribution in [1.82, 2.24) is 20.2 Å². The second-order valence-corrected chi connectivity index (χ2v) is 5.08. The van der Waals surface area contributed by atoms with E-state index < -0.39 is 0 Å². The lowest BCUT2D eigenvalue weighted by molar-refractivity contribution is 0.530. The molecule has 1 unspecified atom stereocenters. The Morgan fingerprint density at radius 3 is 2.74 bits per heavy atom. The van der Waals surface area contributed by atoms with Gasteiger partial charge >= 0.3 is 0 Å². The first kappa shape index (κ1) is 14.3. The van der Waals surface area contributed by atoms with Crippen molar-refractivity contribution >= 4 is 23.2 Å². The van der Waals surface area contributed by atoms with E-state index in [2.05, 4.69) is 15.5 Å². The standard InChI is InChI=1S/C12H15Cl2N5/c1-7-12(14)11(19(2)18-7)5-10(17-15)8-3-4-16-6-9(8)13/h3-4,6,10,17H,5,15H2,1-2H3. The number of halogens is 2. The Kier molecular flexibility index (Phi) is 4.42. The summed E-state index contributed by atoms with van der Waals surface area (Å²) in [4.78, 5) is 3.96. The van der Waals surface area contributed by atoms with Crippen molar-refractivity contribution < 1.29 is 0 Å². The third kappa shape index (κ3) is 2.90. The van der Waals surface area contributed by atoms with Gasteiger partial charge in [0.2, 0.25) is 0 Å². The predicted octanol–water partition coefficient (Wildman–Crippen LogP) is 2.18. The van der Waals surface area contributed by atoms with Crippen LogP contribution in [-0.2, 0) is 13.5 Å². The Morgan fingerprint density at radius 2 is 2.21 bits per heavy atom. The summed E-state index contributed by atoms with van der Waals surface area (Å²) in [6, 6.07) is 1.69. The first-order valence-corrected chi connectivity index (χ1v) is 6.53. The largest absolute Gasteiger partial charge is 0.271 e. The van der Waals surface area contributed by atoms with Crippen LogP contribution in [0.1, 0.15) is 23.0 Å². The highest BCUT2D eigenvalue weighted by Crippen LogP contribution is 2.28. The van der Waals surface area contributed by atoms with E-state index in [1.165, 1.54) is 0 Å². The van der Waals surface area contributed by atoms with Gasteiger partial charge in [-0.1, -0.05) is 23.2 Å². The summed E-state index contributed by atoms with van der Waals surface area (Å²) in [6.07, 6.45) is 3.87. The van der Waals surface area contributed by atoms with Crippen molar-refractivity contribution in [3.05, 3.63) is 45.5 Å². The van der Waals surface area contributed by atoms with Crippen LogP contribution >= 0.6 is 23.2 Å². The number of aromatic nitrogens is 3. The number of pyridine rings is 1. The second-order valence-electron chi connectivity index (χ2n) is 4.29. The second kappa shape index (κ2) is 5.88. The number of nitrogens with two attached hydrogens (primary N) is 1. The first-order valence-electron chi connectivity index (χ1n) is 5.78. The molecule has 0 bridgehead atoms. The van der Waals surface area contributed by atoms with Crippen molar-refractivity contribution in [3.63, 3.8) is 0 Å². The lowest BCUT2D eigenvalue weighted by atomic mass is 10.0. The number of hydrazine groups is 1. The Morgan fingerprint density at radius 1 is 1.47 bits per heavy atom. The van der Waals surface area contributed by atoms with Gasteiger partial charge < -0.3 is 0 Å². The fraction of sp³-hybridized carbons (Fsp3) is 0.333. The lowest BCUT2D eigenvalue weighted by Crippen LogP contribution is -2.30. The Bertz CT molecular complexity index is 581. The molecule has 2 aromatic rings. The number of hydrogen-bond acceptors (Lipinski definition) is 4. The van der Waals surface area contributed by atoms with Crippen LogP contribution in [-0.4, -0.2) is 14.8 Å². The van der Waals surface area contributed by atoms with E-state index >= 15 is 0 Å². The summed E-state index contributed by atoms with van der Waals surface area (Å²) < 4.78 is 1.76. The summed E-state index contributed by atoms with van der Waals surface area (Å²) in [7, 11) is 1.86. The van der Waals surface area contributed by atoms with Crippen molar-refractivity contribution in [1.29, 1.82) is 0 Å². The predicted molar refractivity (Wildman–Crippen MR) is 76.0 cm³/mol. The highest BCUT2D eigenvalue weighted by molar-refractivity contribution is 6.32. The van der Waals surface area contributed by atoms with Gasteiger partial charge in [-0.3, -0.25) is 20.9 Å². The molecule has 0 aliphatic carbocycles. The fourth-order valence-electron chi connectivity index (χ4n) is 2.02. The van der Waals surface area contributed by atoms with Crippen LogP contribution in [0.15, 0.2) is 18.5 Å². The molecule has 7 heteroatoms.